The van der Waals surface area contributed by atoms with Gasteiger partial charge in [0, 0.05) is 16.7 Å². The van der Waals surface area contributed by atoms with Crippen LogP contribution in [0.3, 0.4) is 0 Å². The van der Waals surface area contributed by atoms with Crippen molar-refractivity contribution in [2.75, 3.05) is 11.1 Å². The molecule has 2 aliphatic rings. The van der Waals surface area contributed by atoms with Gasteiger partial charge in [-0.3, -0.25) is 4.79 Å². The van der Waals surface area contributed by atoms with Crippen LogP contribution in [0.5, 0.6) is 0 Å². The van der Waals surface area contributed by atoms with Crippen LogP contribution in [0.1, 0.15) is 59.2 Å². The van der Waals surface area contributed by atoms with Crippen molar-refractivity contribution in [2.45, 2.75) is 51.5 Å². The van der Waals surface area contributed by atoms with E-state index in [1.165, 1.54) is 12.7 Å². The first-order chi connectivity index (χ1) is 12.4. The van der Waals surface area contributed by atoms with Gasteiger partial charge in [0.15, 0.2) is 0 Å². The normalized spacial score (nSPS) is 17.9. The Morgan fingerprint density at radius 3 is 2.69 bits per heavy atom. The van der Waals surface area contributed by atoms with E-state index >= 15 is 0 Å². The summed E-state index contributed by atoms with van der Waals surface area (Å²) in [6.07, 6.45) is 6.65. The zero-order chi connectivity index (χ0) is 18.5. The van der Waals surface area contributed by atoms with Crippen molar-refractivity contribution in [3.63, 3.8) is 0 Å². The number of nitrogens with zero attached hydrogens (tertiary/aromatic N) is 2. The Kier molecular flexibility index (Phi) is 4.03. The fourth-order valence-electron chi connectivity index (χ4n) is 4.22. The molecule has 1 aliphatic heterocycles. The highest BCUT2D eigenvalue weighted by atomic mass is 35.5. The van der Waals surface area contributed by atoms with Gasteiger partial charge < -0.3 is 16.4 Å². The van der Waals surface area contributed by atoms with E-state index in [1.807, 2.05) is 19.9 Å². The van der Waals surface area contributed by atoms with Crippen molar-refractivity contribution in [3.8, 4) is 0 Å². The Morgan fingerprint density at radius 2 is 1.96 bits per heavy atom. The Labute approximate surface area is 157 Å². The van der Waals surface area contributed by atoms with Gasteiger partial charge in [0.2, 0.25) is 0 Å². The number of aryl methyl sites for hydroxylation is 1. The van der Waals surface area contributed by atoms with Crippen LogP contribution in [0.15, 0.2) is 12.4 Å². The Hall–Kier alpha value is -2.34. The Bertz CT molecular complexity index is 905. The molecule has 26 heavy (non-hydrogen) atoms. The molecule has 1 aliphatic carbocycles. The SMILES string of the molecule is Cc1cc(Nc2ncnc(N)c2C)c(Cl)c2c1C(=O)NC21CCCCC1. The maximum atomic E-state index is 12.7. The van der Waals surface area contributed by atoms with Crippen molar-refractivity contribution in [1.29, 1.82) is 0 Å². The first-order valence-electron chi connectivity index (χ1n) is 8.93. The highest BCUT2D eigenvalue weighted by molar-refractivity contribution is 6.35. The van der Waals surface area contributed by atoms with E-state index in [2.05, 4.69) is 20.6 Å². The molecule has 0 atom stereocenters. The van der Waals surface area contributed by atoms with Crippen molar-refractivity contribution in [3.05, 3.63) is 39.7 Å². The van der Waals surface area contributed by atoms with Gasteiger partial charge in [0.1, 0.15) is 18.0 Å². The van der Waals surface area contributed by atoms with Gasteiger partial charge in [-0.15, -0.1) is 0 Å². The number of hydrogen-bond acceptors (Lipinski definition) is 5. The van der Waals surface area contributed by atoms with E-state index in [-0.39, 0.29) is 11.4 Å². The average Bonchev–Trinajstić information content (AvgIpc) is 2.89. The Morgan fingerprint density at radius 1 is 1.23 bits per heavy atom. The van der Waals surface area contributed by atoms with Crippen LogP contribution in [0.4, 0.5) is 17.3 Å². The first-order valence-corrected chi connectivity index (χ1v) is 9.31. The molecule has 0 saturated heterocycles. The van der Waals surface area contributed by atoms with Gasteiger partial charge in [-0.2, -0.15) is 0 Å². The lowest BCUT2D eigenvalue weighted by atomic mass is 9.76. The van der Waals surface area contributed by atoms with Crippen LogP contribution < -0.4 is 16.4 Å². The van der Waals surface area contributed by atoms with Crippen LogP contribution in [0.25, 0.3) is 0 Å². The smallest absolute Gasteiger partial charge is 0.252 e. The van der Waals surface area contributed by atoms with Crippen molar-refractivity contribution >= 4 is 34.8 Å². The van der Waals surface area contributed by atoms with E-state index in [0.29, 0.717) is 16.7 Å². The molecule has 1 aromatic heterocycles. The third-order valence-electron chi connectivity index (χ3n) is 5.60. The van der Waals surface area contributed by atoms with Crippen LogP contribution in [-0.2, 0) is 5.54 Å². The molecule has 2 heterocycles. The van der Waals surface area contributed by atoms with Gasteiger partial charge in [0.05, 0.1) is 16.2 Å². The summed E-state index contributed by atoms with van der Waals surface area (Å²) < 4.78 is 0. The largest absolute Gasteiger partial charge is 0.383 e. The molecule has 0 bridgehead atoms. The maximum absolute atomic E-state index is 12.7. The van der Waals surface area contributed by atoms with Crippen molar-refractivity contribution in [2.24, 2.45) is 0 Å². The fraction of sp³-hybridized carbons (Fsp3) is 0.421. The number of carbonyl (C=O) groups is 1. The summed E-state index contributed by atoms with van der Waals surface area (Å²) in [5.74, 6) is 1.03. The van der Waals surface area contributed by atoms with E-state index in [0.717, 1.165) is 53.6 Å². The monoisotopic (exact) mass is 371 g/mol. The summed E-state index contributed by atoms with van der Waals surface area (Å²) in [7, 11) is 0. The molecule has 0 unspecified atom stereocenters. The lowest BCUT2D eigenvalue weighted by molar-refractivity contribution is 0.0909. The highest BCUT2D eigenvalue weighted by Gasteiger charge is 2.46. The number of carbonyl (C=O) groups excluding carboxylic acids is 1. The number of hydrogen-bond donors (Lipinski definition) is 3. The quantitative estimate of drug-likeness (QED) is 0.742. The summed E-state index contributed by atoms with van der Waals surface area (Å²) >= 11 is 6.83. The van der Waals surface area contributed by atoms with Gasteiger partial charge in [-0.05, 0) is 38.3 Å². The molecule has 0 radical (unpaired) electrons. The van der Waals surface area contributed by atoms with Gasteiger partial charge in [-0.25, -0.2) is 9.97 Å². The average molecular weight is 372 g/mol. The van der Waals surface area contributed by atoms with Gasteiger partial charge in [-0.1, -0.05) is 30.9 Å². The third kappa shape index (κ3) is 2.51. The highest BCUT2D eigenvalue weighted by Crippen LogP contribution is 2.49. The first kappa shape index (κ1) is 17.1. The lowest BCUT2D eigenvalue weighted by Crippen LogP contribution is -2.41. The Balaban J connectivity index is 1.84. The molecule has 1 saturated carbocycles. The number of fused-ring (bicyclic) bond motifs is 2. The van der Waals surface area contributed by atoms with Gasteiger partial charge in [0.25, 0.3) is 5.91 Å². The zero-order valence-electron chi connectivity index (χ0n) is 14.9. The summed E-state index contributed by atoms with van der Waals surface area (Å²) in [5.41, 5.74) is 9.62. The summed E-state index contributed by atoms with van der Waals surface area (Å²) in [5, 5.41) is 7.10. The minimum absolute atomic E-state index is 0.0182. The second-order valence-corrected chi connectivity index (χ2v) is 7.64. The number of anilines is 3. The number of amides is 1. The number of nitrogens with one attached hydrogen (secondary N) is 2. The molecule has 1 amide bonds. The van der Waals surface area contributed by atoms with Crippen LogP contribution in [-0.4, -0.2) is 15.9 Å². The summed E-state index contributed by atoms with van der Waals surface area (Å²) in [6, 6.07) is 1.90. The number of nitrogens with two attached hydrogens (primary N) is 1. The van der Waals surface area contributed by atoms with Crippen LogP contribution >= 0.6 is 11.6 Å². The second kappa shape index (κ2) is 6.13. The van der Waals surface area contributed by atoms with Crippen molar-refractivity contribution in [1.82, 2.24) is 15.3 Å². The molecule has 1 fully saturated rings. The van der Waals surface area contributed by atoms with E-state index in [1.54, 1.807) is 0 Å². The van der Waals surface area contributed by atoms with E-state index in [4.69, 9.17) is 17.3 Å². The summed E-state index contributed by atoms with van der Waals surface area (Å²) in [6.45, 7) is 3.81. The zero-order valence-corrected chi connectivity index (χ0v) is 15.7. The topological polar surface area (TPSA) is 92.9 Å². The van der Waals surface area contributed by atoms with E-state index < -0.39 is 0 Å². The van der Waals surface area contributed by atoms with Gasteiger partial charge >= 0.3 is 0 Å². The van der Waals surface area contributed by atoms with Crippen LogP contribution in [0.2, 0.25) is 5.02 Å². The molecule has 4 N–H and O–H groups in total. The van der Waals surface area contributed by atoms with Crippen molar-refractivity contribution < 1.29 is 4.79 Å². The number of halogens is 1. The minimum Gasteiger partial charge on any atom is -0.383 e. The third-order valence-corrected chi connectivity index (χ3v) is 6.00. The number of rotatable bonds is 2. The molecule has 2 aromatic rings. The molecule has 4 rings (SSSR count). The maximum Gasteiger partial charge on any atom is 0.252 e. The number of aromatic nitrogens is 2. The lowest BCUT2D eigenvalue weighted by Gasteiger charge is -2.35. The minimum atomic E-state index is -0.343. The molecule has 1 spiro atoms. The predicted molar refractivity (Wildman–Crippen MR) is 103 cm³/mol. The molecule has 7 heteroatoms. The molecule has 136 valence electrons. The molecule has 6 nitrogen and oxygen atoms in total. The molecular formula is C19H22ClN5O. The number of nitrogen functional groups attached to an aromatic ring is 1. The fourth-order valence-corrected chi connectivity index (χ4v) is 4.59. The summed E-state index contributed by atoms with van der Waals surface area (Å²) in [4.78, 5) is 20.9. The standard InChI is InChI=1S/C19H22ClN5O/c1-10-8-12(24-17-11(2)16(21)22-9-23-17)15(20)14-13(10)18(26)25-19(14)6-4-3-5-7-19/h8-9H,3-7H2,1-2H3,(H,25,26)(H3,21,22,23,24). The number of benzene rings is 1. The predicted octanol–water partition coefficient (Wildman–Crippen LogP) is 3.98. The second-order valence-electron chi connectivity index (χ2n) is 7.26. The molecule has 1 aromatic carbocycles. The van der Waals surface area contributed by atoms with E-state index in [9.17, 15) is 4.79 Å². The van der Waals surface area contributed by atoms with Crippen LogP contribution in [0, 0.1) is 13.8 Å². The molecular weight excluding hydrogens is 350 g/mol.